The van der Waals surface area contributed by atoms with Gasteiger partial charge in [0.05, 0.1) is 17.3 Å². The van der Waals surface area contributed by atoms with Crippen LogP contribution in [0.2, 0.25) is 0 Å². The van der Waals surface area contributed by atoms with Gasteiger partial charge >= 0.3 is 0 Å². The molecule has 2 aromatic rings. The van der Waals surface area contributed by atoms with Crippen molar-refractivity contribution in [2.24, 2.45) is 0 Å². The van der Waals surface area contributed by atoms with Crippen molar-refractivity contribution in [1.82, 2.24) is 5.32 Å². The smallest absolute Gasteiger partial charge is 0.251 e. The second kappa shape index (κ2) is 6.61. The van der Waals surface area contributed by atoms with Gasteiger partial charge in [0.2, 0.25) is 0 Å². The molecule has 1 heterocycles. The largest absolute Gasteiger partial charge is 0.466 e. The molecular formula is C15H17BrN2O2. The minimum absolute atomic E-state index is 0.0454. The van der Waals surface area contributed by atoms with Gasteiger partial charge in [0, 0.05) is 17.8 Å². The van der Waals surface area contributed by atoms with Gasteiger partial charge in [0.25, 0.3) is 5.91 Å². The summed E-state index contributed by atoms with van der Waals surface area (Å²) in [5, 5.41) is 6.09. The molecule has 0 radical (unpaired) electrons. The Morgan fingerprint density at radius 3 is 2.75 bits per heavy atom. The lowest BCUT2D eigenvalue weighted by Gasteiger charge is -2.10. The molecule has 0 aliphatic carbocycles. The highest BCUT2D eigenvalue weighted by Crippen LogP contribution is 2.21. The van der Waals surface area contributed by atoms with Gasteiger partial charge in [-0.3, -0.25) is 4.79 Å². The number of benzene rings is 1. The third-order valence-electron chi connectivity index (χ3n) is 2.96. The number of aryl methyl sites for hydroxylation is 1. The van der Waals surface area contributed by atoms with Crippen molar-refractivity contribution in [3.63, 3.8) is 0 Å². The van der Waals surface area contributed by atoms with Crippen LogP contribution in [0, 0.1) is 6.92 Å². The molecule has 0 atom stereocenters. The summed E-state index contributed by atoms with van der Waals surface area (Å²) in [6.45, 7) is 5.10. The highest BCUT2D eigenvalue weighted by atomic mass is 79.9. The summed E-state index contributed by atoms with van der Waals surface area (Å²) in [5.74, 6) is 0.799. The number of carbonyl (C=O) groups is 1. The zero-order valence-corrected chi connectivity index (χ0v) is 13.1. The van der Waals surface area contributed by atoms with Gasteiger partial charge in [-0.25, -0.2) is 0 Å². The van der Waals surface area contributed by atoms with Crippen LogP contribution in [0.5, 0.6) is 0 Å². The number of anilines is 1. The van der Waals surface area contributed by atoms with E-state index in [0.29, 0.717) is 18.7 Å². The van der Waals surface area contributed by atoms with Crippen molar-refractivity contribution < 1.29 is 9.21 Å². The van der Waals surface area contributed by atoms with E-state index < -0.39 is 0 Å². The molecule has 1 amide bonds. The molecule has 2 N–H and O–H groups in total. The number of amides is 1. The molecule has 0 saturated carbocycles. The summed E-state index contributed by atoms with van der Waals surface area (Å²) >= 11 is 3.42. The van der Waals surface area contributed by atoms with Gasteiger partial charge < -0.3 is 15.1 Å². The predicted octanol–water partition coefficient (Wildman–Crippen LogP) is 3.71. The summed E-state index contributed by atoms with van der Waals surface area (Å²) in [4.78, 5) is 11.7. The van der Waals surface area contributed by atoms with Crippen molar-refractivity contribution in [2.45, 2.75) is 20.4 Å². The fourth-order valence-corrected chi connectivity index (χ4v) is 2.23. The Morgan fingerprint density at radius 1 is 1.35 bits per heavy atom. The maximum absolute atomic E-state index is 11.7. The van der Waals surface area contributed by atoms with Crippen LogP contribution in [0.25, 0.3) is 0 Å². The number of nitrogens with one attached hydrogen (secondary N) is 2. The standard InChI is InChI=1S/C15H17BrN2O2/c1-3-17-15(19)11-4-5-13(10(2)8-11)18-9-14-12(16)6-7-20-14/h4-8,18H,3,9H2,1-2H3,(H,17,19). The van der Waals surface area contributed by atoms with Crippen molar-refractivity contribution in [1.29, 1.82) is 0 Å². The van der Waals surface area contributed by atoms with Crippen molar-refractivity contribution >= 4 is 27.5 Å². The van der Waals surface area contributed by atoms with Crippen LogP contribution < -0.4 is 10.6 Å². The first-order chi connectivity index (χ1) is 9.61. The first-order valence-electron chi connectivity index (χ1n) is 6.46. The molecule has 4 nitrogen and oxygen atoms in total. The van der Waals surface area contributed by atoms with Crippen molar-refractivity contribution in [3.05, 3.63) is 51.9 Å². The summed E-state index contributed by atoms with van der Waals surface area (Å²) in [6.07, 6.45) is 1.64. The van der Waals surface area contributed by atoms with E-state index in [-0.39, 0.29) is 5.91 Å². The molecule has 0 aliphatic heterocycles. The molecule has 5 heteroatoms. The van der Waals surface area contributed by atoms with E-state index >= 15 is 0 Å². The molecule has 0 saturated heterocycles. The van der Waals surface area contributed by atoms with Gasteiger partial charge in [0.1, 0.15) is 5.76 Å². The number of hydrogen-bond donors (Lipinski definition) is 2. The zero-order chi connectivity index (χ0) is 14.5. The third kappa shape index (κ3) is 3.42. The second-order valence-electron chi connectivity index (χ2n) is 4.43. The van der Waals surface area contributed by atoms with Crippen LogP contribution in [-0.4, -0.2) is 12.5 Å². The van der Waals surface area contributed by atoms with Gasteiger partial charge in [-0.05, 0) is 59.6 Å². The number of carbonyl (C=O) groups excluding carboxylic acids is 1. The van der Waals surface area contributed by atoms with E-state index in [2.05, 4.69) is 26.6 Å². The average Bonchev–Trinajstić information content (AvgIpc) is 2.83. The Bertz CT molecular complexity index is 608. The molecule has 1 aromatic carbocycles. The van der Waals surface area contributed by atoms with Crippen LogP contribution in [0.3, 0.4) is 0 Å². The molecule has 2 rings (SSSR count). The summed E-state index contributed by atoms with van der Waals surface area (Å²) < 4.78 is 6.29. The van der Waals surface area contributed by atoms with E-state index in [1.54, 1.807) is 6.26 Å². The van der Waals surface area contributed by atoms with Gasteiger partial charge in [0.15, 0.2) is 0 Å². The van der Waals surface area contributed by atoms with E-state index in [4.69, 9.17) is 4.42 Å². The molecule has 0 fully saturated rings. The van der Waals surface area contributed by atoms with Crippen LogP contribution in [0.4, 0.5) is 5.69 Å². The van der Waals surface area contributed by atoms with E-state index in [9.17, 15) is 4.79 Å². The highest BCUT2D eigenvalue weighted by Gasteiger charge is 2.08. The first kappa shape index (κ1) is 14.7. The van der Waals surface area contributed by atoms with Gasteiger partial charge in [-0.1, -0.05) is 0 Å². The highest BCUT2D eigenvalue weighted by molar-refractivity contribution is 9.10. The number of halogens is 1. The topological polar surface area (TPSA) is 54.3 Å². The molecular weight excluding hydrogens is 320 g/mol. The minimum atomic E-state index is -0.0454. The molecule has 0 bridgehead atoms. The average molecular weight is 337 g/mol. The Balaban J connectivity index is 2.06. The molecule has 1 aromatic heterocycles. The van der Waals surface area contributed by atoms with Crippen LogP contribution in [-0.2, 0) is 6.54 Å². The maximum atomic E-state index is 11.7. The quantitative estimate of drug-likeness (QED) is 0.874. The Hall–Kier alpha value is -1.75. The van der Waals surface area contributed by atoms with Gasteiger partial charge in [-0.15, -0.1) is 0 Å². The SMILES string of the molecule is CCNC(=O)c1ccc(NCc2occc2Br)c(C)c1. The zero-order valence-electron chi connectivity index (χ0n) is 11.5. The molecule has 0 aliphatic rings. The first-order valence-corrected chi connectivity index (χ1v) is 7.25. The molecule has 0 unspecified atom stereocenters. The summed E-state index contributed by atoms with van der Waals surface area (Å²) in [6, 6.07) is 7.47. The Labute approximate surface area is 126 Å². The normalized spacial score (nSPS) is 10.3. The van der Waals surface area contributed by atoms with Gasteiger partial charge in [-0.2, -0.15) is 0 Å². The monoisotopic (exact) mass is 336 g/mol. The van der Waals surface area contributed by atoms with Crippen molar-refractivity contribution in [3.8, 4) is 0 Å². The van der Waals surface area contributed by atoms with Crippen molar-refractivity contribution in [2.75, 3.05) is 11.9 Å². The lowest BCUT2D eigenvalue weighted by Crippen LogP contribution is -2.22. The number of hydrogen-bond acceptors (Lipinski definition) is 3. The lowest BCUT2D eigenvalue weighted by atomic mass is 10.1. The van der Waals surface area contributed by atoms with E-state index in [1.165, 1.54) is 0 Å². The Kier molecular flexibility index (Phi) is 4.84. The summed E-state index contributed by atoms with van der Waals surface area (Å²) in [7, 11) is 0. The number of furan rings is 1. The third-order valence-corrected chi connectivity index (χ3v) is 3.66. The fraction of sp³-hybridized carbons (Fsp3) is 0.267. The van der Waals surface area contributed by atoms with E-state index in [0.717, 1.165) is 21.5 Å². The second-order valence-corrected chi connectivity index (χ2v) is 5.29. The minimum Gasteiger partial charge on any atom is -0.466 e. The molecule has 20 heavy (non-hydrogen) atoms. The van der Waals surface area contributed by atoms with Crippen LogP contribution in [0.1, 0.15) is 28.6 Å². The predicted molar refractivity (Wildman–Crippen MR) is 82.9 cm³/mol. The van der Waals surface area contributed by atoms with Crippen LogP contribution >= 0.6 is 15.9 Å². The molecule has 0 spiro atoms. The maximum Gasteiger partial charge on any atom is 0.251 e. The van der Waals surface area contributed by atoms with E-state index in [1.807, 2.05) is 38.1 Å². The lowest BCUT2D eigenvalue weighted by molar-refractivity contribution is 0.0956. The number of rotatable bonds is 5. The van der Waals surface area contributed by atoms with Crippen LogP contribution in [0.15, 0.2) is 39.4 Å². The fourth-order valence-electron chi connectivity index (χ4n) is 1.89. The Morgan fingerprint density at radius 2 is 2.15 bits per heavy atom. The molecule has 106 valence electrons. The summed E-state index contributed by atoms with van der Waals surface area (Å²) in [5.41, 5.74) is 2.69.